The first kappa shape index (κ1) is 20.1. The number of aryl methyl sites for hydroxylation is 1. The summed E-state index contributed by atoms with van der Waals surface area (Å²) in [5.74, 6) is 0.622. The fraction of sp³-hybridized carbons (Fsp3) is 0.520. The number of piperidine rings is 1. The molecule has 4 nitrogen and oxygen atoms in total. The zero-order chi connectivity index (χ0) is 19.9. The third-order valence-corrected chi connectivity index (χ3v) is 6.52. The molecule has 29 heavy (non-hydrogen) atoms. The SMILES string of the molecule is O=C(C1CCC1)N(Cc1cccnc1)C1CCCN(CCCc2ccccc2)C1. The van der Waals surface area contributed by atoms with Gasteiger partial charge in [-0.2, -0.15) is 0 Å². The van der Waals surface area contributed by atoms with Crippen LogP contribution in [0.3, 0.4) is 0 Å². The normalized spacial score (nSPS) is 20.2. The number of aromatic nitrogens is 1. The molecule has 0 radical (unpaired) electrons. The number of hydrogen-bond acceptors (Lipinski definition) is 3. The average Bonchev–Trinajstić information content (AvgIpc) is 2.72. The molecular formula is C25H33N3O. The number of benzene rings is 1. The molecule has 0 N–H and O–H groups in total. The quantitative estimate of drug-likeness (QED) is 0.673. The highest BCUT2D eigenvalue weighted by Gasteiger charge is 2.34. The van der Waals surface area contributed by atoms with E-state index in [2.05, 4.69) is 51.2 Å². The molecular weight excluding hydrogens is 358 g/mol. The summed E-state index contributed by atoms with van der Waals surface area (Å²) < 4.78 is 0. The Morgan fingerprint density at radius 1 is 1.03 bits per heavy atom. The van der Waals surface area contributed by atoms with Crippen LogP contribution >= 0.6 is 0 Å². The van der Waals surface area contributed by atoms with Gasteiger partial charge in [0.15, 0.2) is 0 Å². The Labute approximate surface area is 174 Å². The van der Waals surface area contributed by atoms with Gasteiger partial charge in [-0.05, 0) is 68.8 Å². The van der Waals surface area contributed by atoms with Crippen LogP contribution in [0.1, 0.15) is 49.7 Å². The minimum absolute atomic E-state index is 0.250. The van der Waals surface area contributed by atoms with Gasteiger partial charge in [-0.25, -0.2) is 0 Å². The summed E-state index contributed by atoms with van der Waals surface area (Å²) in [6.45, 7) is 3.98. The lowest BCUT2D eigenvalue weighted by atomic mass is 9.83. The Morgan fingerprint density at radius 2 is 1.86 bits per heavy atom. The Bertz CT molecular complexity index is 760. The summed E-state index contributed by atoms with van der Waals surface area (Å²) in [5.41, 5.74) is 2.56. The van der Waals surface area contributed by atoms with Gasteiger partial charge < -0.3 is 9.80 Å². The Kier molecular flexibility index (Phi) is 6.94. The first-order valence-corrected chi connectivity index (χ1v) is 11.3. The molecule has 1 aliphatic carbocycles. The molecule has 1 saturated carbocycles. The van der Waals surface area contributed by atoms with Crippen molar-refractivity contribution in [3.63, 3.8) is 0 Å². The molecule has 1 saturated heterocycles. The number of likely N-dealkylation sites (tertiary alicyclic amines) is 1. The Morgan fingerprint density at radius 3 is 2.59 bits per heavy atom. The molecule has 2 fully saturated rings. The van der Waals surface area contributed by atoms with Gasteiger partial charge >= 0.3 is 0 Å². The molecule has 2 aromatic rings. The molecule has 0 bridgehead atoms. The molecule has 154 valence electrons. The van der Waals surface area contributed by atoms with Crippen LogP contribution in [-0.4, -0.2) is 46.4 Å². The third kappa shape index (κ3) is 5.45. The van der Waals surface area contributed by atoms with Crippen molar-refractivity contribution in [1.29, 1.82) is 0 Å². The van der Waals surface area contributed by atoms with Crippen LogP contribution in [0.5, 0.6) is 0 Å². The van der Waals surface area contributed by atoms with E-state index in [-0.39, 0.29) is 5.92 Å². The maximum absolute atomic E-state index is 13.2. The molecule has 1 aromatic carbocycles. The van der Waals surface area contributed by atoms with Gasteiger partial charge in [0, 0.05) is 37.4 Å². The summed E-state index contributed by atoms with van der Waals surface area (Å²) in [6.07, 6.45) is 11.6. The standard InChI is InChI=1S/C25H33N3O/c29-25(23-12-4-13-23)28(19-22-10-5-15-26-18-22)24-14-7-17-27(20-24)16-6-11-21-8-2-1-3-9-21/h1-3,5,8-10,15,18,23-24H,4,6-7,11-14,16-17,19-20H2. The van der Waals surface area contributed by atoms with E-state index in [0.29, 0.717) is 18.5 Å². The second kappa shape index (κ2) is 10.0. The van der Waals surface area contributed by atoms with Crippen LogP contribution in [0.25, 0.3) is 0 Å². The maximum Gasteiger partial charge on any atom is 0.226 e. The predicted octanol–water partition coefficient (Wildman–Crippen LogP) is 4.31. The van der Waals surface area contributed by atoms with Crippen molar-refractivity contribution in [1.82, 2.24) is 14.8 Å². The zero-order valence-corrected chi connectivity index (χ0v) is 17.4. The monoisotopic (exact) mass is 391 g/mol. The largest absolute Gasteiger partial charge is 0.334 e. The fourth-order valence-electron chi connectivity index (χ4n) is 4.61. The van der Waals surface area contributed by atoms with E-state index in [1.54, 1.807) is 6.20 Å². The molecule has 1 aliphatic heterocycles. The Balaban J connectivity index is 1.36. The minimum atomic E-state index is 0.250. The van der Waals surface area contributed by atoms with Crippen molar-refractivity contribution < 1.29 is 4.79 Å². The predicted molar refractivity (Wildman–Crippen MR) is 116 cm³/mol. The van der Waals surface area contributed by atoms with Gasteiger partial charge in [-0.15, -0.1) is 0 Å². The second-order valence-electron chi connectivity index (χ2n) is 8.64. The van der Waals surface area contributed by atoms with E-state index in [1.807, 2.05) is 12.3 Å². The topological polar surface area (TPSA) is 36.4 Å². The molecule has 2 heterocycles. The van der Waals surface area contributed by atoms with Crippen LogP contribution in [-0.2, 0) is 17.8 Å². The van der Waals surface area contributed by atoms with Crippen molar-refractivity contribution in [2.75, 3.05) is 19.6 Å². The van der Waals surface area contributed by atoms with Gasteiger partial charge in [-0.3, -0.25) is 9.78 Å². The Hall–Kier alpha value is -2.20. The van der Waals surface area contributed by atoms with E-state index in [4.69, 9.17) is 0 Å². The van der Waals surface area contributed by atoms with Gasteiger partial charge in [-0.1, -0.05) is 42.8 Å². The van der Waals surface area contributed by atoms with Crippen LogP contribution < -0.4 is 0 Å². The van der Waals surface area contributed by atoms with Crippen molar-refractivity contribution in [2.45, 2.75) is 57.5 Å². The number of pyridine rings is 1. The summed E-state index contributed by atoms with van der Waals surface area (Å²) in [7, 11) is 0. The van der Waals surface area contributed by atoms with Gasteiger partial charge in [0.2, 0.25) is 5.91 Å². The summed E-state index contributed by atoms with van der Waals surface area (Å²) >= 11 is 0. The molecule has 2 aliphatic rings. The van der Waals surface area contributed by atoms with Crippen molar-refractivity contribution in [2.24, 2.45) is 5.92 Å². The molecule has 1 atom stereocenters. The summed E-state index contributed by atoms with van der Waals surface area (Å²) in [6, 6.07) is 15.1. The van der Waals surface area contributed by atoms with Crippen molar-refractivity contribution in [3.8, 4) is 0 Å². The van der Waals surface area contributed by atoms with Gasteiger partial charge in [0.05, 0.1) is 0 Å². The second-order valence-corrected chi connectivity index (χ2v) is 8.64. The highest BCUT2D eigenvalue weighted by Crippen LogP contribution is 2.31. The summed E-state index contributed by atoms with van der Waals surface area (Å²) in [5, 5.41) is 0. The highest BCUT2D eigenvalue weighted by atomic mass is 16.2. The van der Waals surface area contributed by atoms with Gasteiger partial charge in [0.1, 0.15) is 0 Å². The fourth-order valence-corrected chi connectivity index (χ4v) is 4.61. The maximum atomic E-state index is 13.2. The van der Waals surface area contributed by atoms with Gasteiger partial charge in [0.25, 0.3) is 0 Å². The number of nitrogens with zero attached hydrogens (tertiary/aromatic N) is 3. The average molecular weight is 392 g/mol. The molecule has 0 spiro atoms. The smallest absolute Gasteiger partial charge is 0.226 e. The van der Waals surface area contributed by atoms with Crippen LogP contribution in [0.2, 0.25) is 0 Å². The van der Waals surface area contributed by atoms with Crippen LogP contribution in [0.15, 0.2) is 54.9 Å². The molecule has 1 aromatic heterocycles. The minimum Gasteiger partial charge on any atom is -0.334 e. The first-order chi connectivity index (χ1) is 14.3. The van der Waals surface area contributed by atoms with Crippen LogP contribution in [0.4, 0.5) is 0 Å². The number of carbonyl (C=O) groups excluding carboxylic acids is 1. The number of amides is 1. The third-order valence-electron chi connectivity index (χ3n) is 6.52. The van der Waals surface area contributed by atoms with E-state index in [0.717, 1.165) is 50.9 Å². The molecule has 1 unspecified atom stereocenters. The lowest BCUT2D eigenvalue weighted by Crippen LogP contribution is -2.52. The number of hydrogen-bond donors (Lipinski definition) is 0. The molecule has 4 heteroatoms. The highest BCUT2D eigenvalue weighted by molar-refractivity contribution is 5.80. The number of rotatable bonds is 8. The van der Waals surface area contributed by atoms with E-state index in [1.165, 1.54) is 24.8 Å². The molecule has 4 rings (SSSR count). The lowest BCUT2D eigenvalue weighted by Gasteiger charge is -2.42. The molecule has 1 amide bonds. The van der Waals surface area contributed by atoms with Crippen LogP contribution in [0, 0.1) is 5.92 Å². The van der Waals surface area contributed by atoms with Crippen molar-refractivity contribution >= 4 is 5.91 Å². The first-order valence-electron chi connectivity index (χ1n) is 11.3. The number of carbonyl (C=O) groups is 1. The zero-order valence-electron chi connectivity index (χ0n) is 17.4. The summed E-state index contributed by atoms with van der Waals surface area (Å²) in [4.78, 5) is 22.2. The van der Waals surface area contributed by atoms with Crippen molar-refractivity contribution in [3.05, 3.63) is 66.0 Å². The van der Waals surface area contributed by atoms with E-state index >= 15 is 0 Å². The van der Waals surface area contributed by atoms with E-state index < -0.39 is 0 Å². The van der Waals surface area contributed by atoms with E-state index in [9.17, 15) is 4.79 Å². The lowest BCUT2D eigenvalue weighted by molar-refractivity contribution is -0.142.